The molecule has 0 bridgehead atoms. The summed E-state index contributed by atoms with van der Waals surface area (Å²) in [5.74, 6) is 0.786. The zero-order valence-corrected chi connectivity index (χ0v) is 10.9. The largest absolute Gasteiger partial charge is 0.316 e. The third-order valence-electron chi connectivity index (χ3n) is 4.01. The first-order chi connectivity index (χ1) is 9.34. The molecule has 0 radical (unpaired) electrons. The van der Waals surface area contributed by atoms with Gasteiger partial charge in [-0.1, -0.05) is 42.5 Å². The Morgan fingerprint density at radius 1 is 0.842 bits per heavy atom. The van der Waals surface area contributed by atoms with Crippen LogP contribution < -0.4 is 5.32 Å². The molecule has 0 spiro atoms. The molecule has 2 unspecified atom stereocenters. The Balaban J connectivity index is 1.91. The van der Waals surface area contributed by atoms with Crippen molar-refractivity contribution >= 4 is 0 Å². The van der Waals surface area contributed by atoms with Gasteiger partial charge in [-0.25, -0.2) is 4.39 Å². The highest BCUT2D eigenvalue weighted by Gasteiger charge is 2.27. The normalized spacial score (nSPS) is 23.2. The molecule has 1 aliphatic rings. The van der Waals surface area contributed by atoms with Gasteiger partial charge in [0.1, 0.15) is 5.82 Å². The smallest absolute Gasteiger partial charge is 0.123 e. The predicted molar refractivity (Wildman–Crippen MR) is 75.8 cm³/mol. The van der Waals surface area contributed by atoms with E-state index in [1.807, 2.05) is 12.1 Å². The first-order valence-electron chi connectivity index (χ1n) is 6.86. The molecular weight excluding hydrogens is 237 g/mol. The van der Waals surface area contributed by atoms with Crippen molar-refractivity contribution in [3.05, 3.63) is 71.5 Å². The van der Waals surface area contributed by atoms with Crippen LogP contribution in [0, 0.1) is 5.82 Å². The van der Waals surface area contributed by atoms with E-state index in [2.05, 4.69) is 35.6 Å². The third-order valence-corrected chi connectivity index (χ3v) is 4.01. The molecule has 19 heavy (non-hydrogen) atoms. The van der Waals surface area contributed by atoms with Crippen molar-refractivity contribution in [2.45, 2.75) is 18.3 Å². The highest BCUT2D eigenvalue weighted by Crippen LogP contribution is 2.37. The van der Waals surface area contributed by atoms with Gasteiger partial charge in [-0.3, -0.25) is 0 Å². The van der Waals surface area contributed by atoms with E-state index in [4.69, 9.17) is 0 Å². The summed E-state index contributed by atoms with van der Waals surface area (Å²) in [5, 5.41) is 3.45. The maximum atomic E-state index is 13.1. The zero-order chi connectivity index (χ0) is 13.1. The van der Waals surface area contributed by atoms with Gasteiger partial charge in [0.05, 0.1) is 0 Å². The molecule has 2 aromatic rings. The Hall–Kier alpha value is -1.67. The minimum Gasteiger partial charge on any atom is -0.316 e. The van der Waals surface area contributed by atoms with Gasteiger partial charge in [0.25, 0.3) is 0 Å². The topological polar surface area (TPSA) is 12.0 Å². The SMILES string of the molecule is Fc1ccc(C2CNCCC2c2ccccc2)cc1. The first kappa shape index (κ1) is 12.4. The van der Waals surface area contributed by atoms with Crippen molar-refractivity contribution in [1.29, 1.82) is 0 Å². The Morgan fingerprint density at radius 2 is 1.53 bits per heavy atom. The van der Waals surface area contributed by atoms with Crippen LogP contribution in [0.25, 0.3) is 0 Å². The van der Waals surface area contributed by atoms with E-state index >= 15 is 0 Å². The van der Waals surface area contributed by atoms with Crippen molar-refractivity contribution in [3.63, 3.8) is 0 Å². The van der Waals surface area contributed by atoms with Gasteiger partial charge < -0.3 is 5.32 Å². The van der Waals surface area contributed by atoms with Crippen molar-refractivity contribution < 1.29 is 4.39 Å². The molecule has 0 amide bonds. The third kappa shape index (κ3) is 2.69. The van der Waals surface area contributed by atoms with Gasteiger partial charge in [-0.15, -0.1) is 0 Å². The minimum absolute atomic E-state index is 0.163. The molecule has 1 aliphatic heterocycles. The van der Waals surface area contributed by atoms with Crippen LogP contribution in [0.3, 0.4) is 0 Å². The average molecular weight is 255 g/mol. The van der Waals surface area contributed by atoms with Crippen LogP contribution in [-0.2, 0) is 0 Å². The zero-order valence-electron chi connectivity index (χ0n) is 10.9. The summed E-state index contributed by atoms with van der Waals surface area (Å²) in [7, 11) is 0. The van der Waals surface area contributed by atoms with E-state index in [-0.39, 0.29) is 5.82 Å². The predicted octanol–water partition coefficient (Wildman–Crippen LogP) is 3.69. The Morgan fingerprint density at radius 3 is 2.26 bits per heavy atom. The fraction of sp³-hybridized carbons (Fsp3) is 0.294. The lowest BCUT2D eigenvalue weighted by Gasteiger charge is -2.33. The highest BCUT2D eigenvalue weighted by atomic mass is 19.1. The van der Waals surface area contributed by atoms with Gasteiger partial charge >= 0.3 is 0 Å². The lowest BCUT2D eigenvalue weighted by Crippen LogP contribution is -2.34. The monoisotopic (exact) mass is 255 g/mol. The number of hydrogen-bond acceptors (Lipinski definition) is 1. The molecule has 1 heterocycles. The molecule has 0 aliphatic carbocycles. The molecule has 1 saturated heterocycles. The molecular formula is C17H18FN. The maximum Gasteiger partial charge on any atom is 0.123 e. The summed E-state index contributed by atoms with van der Waals surface area (Å²) in [5.41, 5.74) is 2.61. The lowest BCUT2D eigenvalue weighted by molar-refractivity contribution is 0.404. The van der Waals surface area contributed by atoms with Crippen molar-refractivity contribution in [2.75, 3.05) is 13.1 Å². The maximum absolute atomic E-state index is 13.1. The second-order valence-corrected chi connectivity index (χ2v) is 5.17. The number of benzene rings is 2. The van der Waals surface area contributed by atoms with E-state index < -0.39 is 0 Å². The summed E-state index contributed by atoms with van der Waals surface area (Å²) in [4.78, 5) is 0. The summed E-state index contributed by atoms with van der Waals surface area (Å²) in [6.45, 7) is 2.02. The summed E-state index contributed by atoms with van der Waals surface area (Å²) in [6, 6.07) is 17.6. The van der Waals surface area contributed by atoms with Gasteiger partial charge in [-0.05, 0) is 42.1 Å². The van der Waals surface area contributed by atoms with Crippen LogP contribution in [0.1, 0.15) is 29.4 Å². The van der Waals surface area contributed by atoms with E-state index in [0.29, 0.717) is 11.8 Å². The molecule has 1 fully saturated rings. The van der Waals surface area contributed by atoms with E-state index in [1.54, 1.807) is 12.1 Å². The lowest BCUT2D eigenvalue weighted by atomic mass is 9.77. The molecule has 0 aromatic heterocycles. The Bertz CT molecular complexity index is 521. The number of piperidine rings is 1. The van der Waals surface area contributed by atoms with E-state index in [9.17, 15) is 4.39 Å². The molecule has 1 N–H and O–H groups in total. The second kappa shape index (κ2) is 5.54. The van der Waals surface area contributed by atoms with Crippen LogP contribution in [-0.4, -0.2) is 13.1 Å². The molecule has 98 valence electrons. The number of hydrogen-bond donors (Lipinski definition) is 1. The minimum atomic E-state index is -0.163. The van der Waals surface area contributed by atoms with Crippen molar-refractivity contribution in [1.82, 2.24) is 5.32 Å². The number of nitrogens with one attached hydrogen (secondary N) is 1. The van der Waals surface area contributed by atoms with Crippen LogP contribution >= 0.6 is 0 Å². The van der Waals surface area contributed by atoms with Crippen LogP contribution in [0.15, 0.2) is 54.6 Å². The summed E-state index contributed by atoms with van der Waals surface area (Å²) >= 11 is 0. The number of halogens is 1. The van der Waals surface area contributed by atoms with Gasteiger partial charge in [0.15, 0.2) is 0 Å². The highest BCUT2D eigenvalue weighted by molar-refractivity contribution is 5.30. The summed E-state index contributed by atoms with van der Waals surface area (Å²) < 4.78 is 13.1. The van der Waals surface area contributed by atoms with Gasteiger partial charge in [-0.2, -0.15) is 0 Å². The van der Waals surface area contributed by atoms with Crippen molar-refractivity contribution in [2.24, 2.45) is 0 Å². The molecule has 0 saturated carbocycles. The van der Waals surface area contributed by atoms with Crippen LogP contribution in [0.2, 0.25) is 0 Å². The molecule has 3 rings (SSSR count). The molecule has 2 aromatic carbocycles. The fourth-order valence-electron chi connectivity index (χ4n) is 3.02. The van der Waals surface area contributed by atoms with E-state index in [0.717, 1.165) is 19.5 Å². The molecule has 1 nitrogen and oxygen atoms in total. The Labute approximate surface area is 113 Å². The van der Waals surface area contributed by atoms with Gasteiger partial charge in [0.2, 0.25) is 0 Å². The fourth-order valence-corrected chi connectivity index (χ4v) is 3.02. The number of rotatable bonds is 2. The average Bonchev–Trinajstić information content (AvgIpc) is 2.49. The Kier molecular flexibility index (Phi) is 3.60. The van der Waals surface area contributed by atoms with E-state index in [1.165, 1.54) is 11.1 Å². The first-order valence-corrected chi connectivity index (χ1v) is 6.86. The quantitative estimate of drug-likeness (QED) is 0.863. The molecule has 2 heteroatoms. The van der Waals surface area contributed by atoms with Gasteiger partial charge in [0, 0.05) is 12.5 Å². The summed E-state index contributed by atoms with van der Waals surface area (Å²) in [6.07, 6.45) is 1.13. The van der Waals surface area contributed by atoms with Crippen LogP contribution in [0.4, 0.5) is 4.39 Å². The van der Waals surface area contributed by atoms with Crippen molar-refractivity contribution in [3.8, 4) is 0 Å². The van der Waals surface area contributed by atoms with Crippen LogP contribution in [0.5, 0.6) is 0 Å². The second-order valence-electron chi connectivity index (χ2n) is 5.17. The standard InChI is InChI=1S/C17H18FN/c18-15-8-6-14(7-9-15)17-12-19-11-10-16(17)13-4-2-1-3-5-13/h1-9,16-17,19H,10-12H2. The molecule has 2 atom stereocenters.